The summed E-state index contributed by atoms with van der Waals surface area (Å²) in [6.45, 7) is 5.49. The number of aryl methyl sites for hydroxylation is 1. The lowest BCUT2D eigenvalue weighted by Crippen LogP contribution is -2.58. The van der Waals surface area contributed by atoms with E-state index in [0.717, 1.165) is 63.9 Å². The number of hydrogen-bond acceptors (Lipinski definition) is 4. The number of rotatable bonds is 3. The van der Waals surface area contributed by atoms with Crippen molar-refractivity contribution in [3.05, 3.63) is 27.9 Å². The molecule has 1 aromatic rings. The summed E-state index contributed by atoms with van der Waals surface area (Å²) in [5.74, 6) is 1.16. The largest absolute Gasteiger partial charge is 0.340 e. The van der Waals surface area contributed by atoms with Gasteiger partial charge in [0.1, 0.15) is 11.4 Å². The molecule has 0 aromatic carbocycles. The van der Waals surface area contributed by atoms with Crippen LogP contribution in [0.4, 0.5) is 0 Å². The van der Waals surface area contributed by atoms with Crippen molar-refractivity contribution >= 4 is 5.91 Å². The van der Waals surface area contributed by atoms with Crippen LogP contribution in [-0.2, 0) is 4.79 Å². The molecule has 142 valence electrons. The summed E-state index contributed by atoms with van der Waals surface area (Å²) in [5.41, 5.74) is 0.487. The van der Waals surface area contributed by atoms with E-state index >= 15 is 0 Å². The van der Waals surface area contributed by atoms with Gasteiger partial charge in [0.05, 0.1) is 5.69 Å². The first-order valence-corrected chi connectivity index (χ1v) is 10.2. The summed E-state index contributed by atoms with van der Waals surface area (Å²) in [4.78, 5) is 37.2. The first kappa shape index (κ1) is 17.7. The van der Waals surface area contributed by atoms with Crippen LogP contribution in [0.1, 0.15) is 68.8 Å². The van der Waals surface area contributed by atoms with E-state index in [2.05, 4.69) is 19.8 Å². The molecule has 1 unspecified atom stereocenters. The number of carbonyl (C=O) groups excluding carboxylic acids is 1. The first-order valence-electron chi connectivity index (χ1n) is 10.2. The summed E-state index contributed by atoms with van der Waals surface area (Å²) in [6.07, 6.45) is 8.76. The number of nitrogens with one attached hydrogen (secondary N) is 1. The Kier molecular flexibility index (Phi) is 4.86. The Morgan fingerprint density at radius 1 is 1.15 bits per heavy atom. The van der Waals surface area contributed by atoms with Crippen LogP contribution in [0.2, 0.25) is 0 Å². The Hall–Kier alpha value is -1.69. The minimum Gasteiger partial charge on any atom is -0.340 e. The molecule has 3 fully saturated rings. The summed E-state index contributed by atoms with van der Waals surface area (Å²) in [7, 11) is 0. The van der Waals surface area contributed by atoms with Crippen molar-refractivity contribution in [1.82, 2.24) is 19.8 Å². The Morgan fingerprint density at radius 2 is 1.88 bits per heavy atom. The van der Waals surface area contributed by atoms with Crippen molar-refractivity contribution in [2.75, 3.05) is 26.2 Å². The van der Waals surface area contributed by atoms with E-state index in [9.17, 15) is 9.59 Å². The monoisotopic (exact) mass is 358 g/mol. The van der Waals surface area contributed by atoms with Crippen molar-refractivity contribution in [3.63, 3.8) is 0 Å². The molecule has 6 nitrogen and oxygen atoms in total. The van der Waals surface area contributed by atoms with Crippen molar-refractivity contribution in [3.8, 4) is 0 Å². The zero-order chi connectivity index (χ0) is 18.1. The lowest BCUT2D eigenvalue weighted by Gasteiger charge is -2.43. The minimum atomic E-state index is -0.254. The van der Waals surface area contributed by atoms with E-state index in [1.54, 1.807) is 6.07 Å². The number of aromatic nitrogens is 2. The zero-order valence-electron chi connectivity index (χ0n) is 15.8. The van der Waals surface area contributed by atoms with Gasteiger partial charge < -0.3 is 9.88 Å². The SMILES string of the molecule is Cc1nc(C2CCCN(C(=O)C3(N4CCCC4)CCCC3)C2)cc(=O)[nH]1. The van der Waals surface area contributed by atoms with Crippen molar-refractivity contribution in [2.45, 2.75) is 69.7 Å². The molecule has 3 heterocycles. The van der Waals surface area contributed by atoms with E-state index in [-0.39, 0.29) is 17.0 Å². The number of nitrogens with zero attached hydrogens (tertiary/aromatic N) is 3. The fourth-order valence-corrected chi connectivity index (χ4v) is 5.28. The quantitative estimate of drug-likeness (QED) is 0.899. The van der Waals surface area contributed by atoms with Gasteiger partial charge in [0.15, 0.2) is 0 Å². The maximum atomic E-state index is 13.6. The van der Waals surface area contributed by atoms with Gasteiger partial charge >= 0.3 is 0 Å². The maximum absolute atomic E-state index is 13.6. The number of hydrogen-bond donors (Lipinski definition) is 1. The van der Waals surface area contributed by atoms with Gasteiger partial charge in [0.25, 0.3) is 5.56 Å². The summed E-state index contributed by atoms with van der Waals surface area (Å²) < 4.78 is 0. The van der Waals surface area contributed by atoms with E-state index < -0.39 is 0 Å². The molecular formula is C20H30N4O2. The third-order valence-electron chi connectivity index (χ3n) is 6.55. The summed E-state index contributed by atoms with van der Waals surface area (Å²) >= 11 is 0. The van der Waals surface area contributed by atoms with E-state index in [4.69, 9.17) is 0 Å². The van der Waals surface area contributed by atoms with Gasteiger partial charge in [0, 0.05) is 25.1 Å². The van der Waals surface area contributed by atoms with Crippen LogP contribution in [0.5, 0.6) is 0 Å². The second-order valence-corrected chi connectivity index (χ2v) is 8.28. The van der Waals surface area contributed by atoms with Crippen LogP contribution in [0, 0.1) is 6.92 Å². The Balaban J connectivity index is 1.54. The second-order valence-electron chi connectivity index (χ2n) is 8.28. The molecule has 1 aromatic heterocycles. The highest BCUT2D eigenvalue weighted by Crippen LogP contribution is 2.40. The van der Waals surface area contributed by atoms with Gasteiger partial charge in [-0.2, -0.15) is 0 Å². The molecule has 1 amide bonds. The van der Waals surface area contributed by atoms with Crippen LogP contribution in [0.15, 0.2) is 10.9 Å². The standard InChI is InChI=1S/C20H30N4O2/c1-15-21-17(13-18(25)22-15)16-7-6-10-23(14-16)19(26)20(8-2-3-9-20)24-11-4-5-12-24/h13,16H,2-12,14H2,1H3,(H,21,22,25). The molecule has 2 aliphatic heterocycles. The van der Waals surface area contributed by atoms with Crippen LogP contribution in [-0.4, -0.2) is 57.4 Å². The molecular weight excluding hydrogens is 328 g/mol. The smallest absolute Gasteiger partial charge is 0.251 e. The fourth-order valence-electron chi connectivity index (χ4n) is 5.28. The lowest BCUT2D eigenvalue weighted by molar-refractivity contribution is -0.145. The summed E-state index contributed by atoms with van der Waals surface area (Å²) in [6, 6.07) is 1.61. The minimum absolute atomic E-state index is 0.0970. The molecule has 0 radical (unpaired) electrons. The molecule has 4 rings (SSSR count). The highest BCUT2D eigenvalue weighted by Gasteiger charge is 2.49. The highest BCUT2D eigenvalue weighted by atomic mass is 16.2. The molecule has 1 saturated carbocycles. The Morgan fingerprint density at radius 3 is 2.58 bits per heavy atom. The third kappa shape index (κ3) is 3.20. The highest BCUT2D eigenvalue weighted by molar-refractivity contribution is 5.87. The Labute approximate surface area is 155 Å². The van der Waals surface area contributed by atoms with Crippen molar-refractivity contribution in [1.29, 1.82) is 0 Å². The maximum Gasteiger partial charge on any atom is 0.251 e. The Bertz CT molecular complexity index is 717. The van der Waals surface area contributed by atoms with E-state index in [0.29, 0.717) is 18.3 Å². The number of aromatic amines is 1. The number of piperidine rings is 1. The molecule has 6 heteroatoms. The molecule has 0 spiro atoms. The average molecular weight is 358 g/mol. The number of likely N-dealkylation sites (tertiary alicyclic amines) is 2. The molecule has 1 N–H and O–H groups in total. The van der Waals surface area contributed by atoms with Gasteiger partial charge in [-0.05, 0) is 58.5 Å². The van der Waals surface area contributed by atoms with Crippen LogP contribution in [0.25, 0.3) is 0 Å². The van der Waals surface area contributed by atoms with E-state index in [1.807, 2.05) is 6.92 Å². The molecule has 26 heavy (non-hydrogen) atoms. The summed E-state index contributed by atoms with van der Waals surface area (Å²) in [5, 5.41) is 0. The van der Waals surface area contributed by atoms with Gasteiger partial charge in [-0.15, -0.1) is 0 Å². The molecule has 1 atom stereocenters. The first-order chi connectivity index (χ1) is 12.6. The van der Waals surface area contributed by atoms with Crippen LogP contribution in [0.3, 0.4) is 0 Å². The van der Waals surface area contributed by atoms with Gasteiger partial charge in [0.2, 0.25) is 5.91 Å². The van der Waals surface area contributed by atoms with Gasteiger partial charge in [-0.3, -0.25) is 14.5 Å². The van der Waals surface area contributed by atoms with Crippen molar-refractivity contribution < 1.29 is 4.79 Å². The van der Waals surface area contributed by atoms with Crippen LogP contribution < -0.4 is 5.56 Å². The van der Waals surface area contributed by atoms with Gasteiger partial charge in [-0.1, -0.05) is 12.8 Å². The molecule has 3 aliphatic rings. The number of amides is 1. The molecule has 1 aliphatic carbocycles. The molecule has 0 bridgehead atoms. The van der Waals surface area contributed by atoms with E-state index in [1.165, 1.54) is 12.8 Å². The van der Waals surface area contributed by atoms with Crippen molar-refractivity contribution in [2.24, 2.45) is 0 Å². The predicted molar refractivity (Wildman–Crippen MR) is 100 cm³/mol. The zero-order valence-corrected chi connectivity index (χ0v) is 15.8. The fraction of sp³-hybridized carbons (Fsp3) is 0.750. The topological polar surface area (TPSA) is 69.3 Å². The van der Waals surface area contributed by atoms with Crippen LogP contribution >= 0.6 is 0 Å². The molecule has 2 saturated heterocycles. The third-order valence-corrected chi connectivity index (χ3v) is 6.55. The second kappa shape index (κ2) is 7.14. The predicted octanol–water partition coefficient (Wildman–Crippen LogP) is 2.19. The number of carbonyl (C=O) groups is 1. The normalized spacial score (nSPS) is 26.3. The number of H-pyrrole nitrogens is 1. The van der Waals surface area contributed by atoms with Gasteiger partial charge in [-0.25, -0.2) is 4.98 Å². The lowest BCUT2D eigenvalue weighted by atomic mass is 9.89. The average Bonchev–Trinajstić information content (AvgIpc) is 3.32.